The molecule has 64 valence electrons. The molecule has 2 atom stereocenters. The van der Waals surface area contributed by atoms with E-state index in [2.05, 4.69) is 6.58 Å². The van der Waals surface area contributed by atoms with Gasteiger partial charge >= 0.3 is 5.97 Å². The van der Waals surface area contributed by atoms with E-state index < -0.39 is 0 Å². The molecule has 0 radical (unpaired) electrons. The van der Waals surface area contributed by atoms with E-state index in [1.54, 1.807) is 0 Å². The highest BCUT2D eigenvalue weighted by molar-refractivity contribution is 5.85. The van der Waals surface area contributed by atoms with Gasteiger partial charge in [-0.25, -0.2) is 0 Å². The number of hydrogen-bond donors (Lipinski definition) is 0. The molecule has 1 aliphatic carbocycles. The van der Waals surface area contributed by atoms with Gasteiger partial charge in [0.25, 0.3) is 0 Å². The molecule has 1 saturated carbocycles. The number of halogens is 1. The third-order valence-corrected chi connectivity index (χ3v) is 1.73. The van der Waals surface area contributed by atoms with Crippen LogP contribution in [0.2, 0.25) is 0 Å². The summed E-state index contributed by atoms with van der Waals surface area (Å²) in [4.78, 5) is 10.9. The maximum atomic E-state index is 10.9. The van der Waals surface area contributed by atoms with Crippen LogP contribution in [0.5, 0.6) is 0 Å². The van der Waals surface area contributed by atoms with E-state index in [0.29, 0.717) is 12.5 Å². The summed E-state index contributed by atoms with van der Waals surface area (Å²) in [7, 11) is 0. The van der Waals surface area contributed by atoms with Gasteiger partial charge in [0.1, 0.15) is 0 Å². The Morgan fingerprint density at radius 1 is 1.82 bits per heavy atom. The Morgan fingerprint density at radius 3 is 2.82 bits per heavy atom. The molecule has 0 N–H and O–H groups in total. The maximum Gasteiger partial charge on any atom is 0.309 e. The number of carbonyl (C=O) groups excluding carboxylic acids is 1. The van der Waals surface area contributed by atoms with Crippen molar-refractivity contribution in [1.29, 1.82) is 0 Å². The number of esters is 1. The highest BCUT2D eigenvalue weighted by atomic mass is 35.5. The van der Waals surface area contributed by atoms with Crippen LogP contribution >= 0.6 is 12.4 Å². The predicted octanol–water partition coefficient (Wildman–Crippen LogP) is 1.79. The summed E-state index contributed by atoms with van der Waals surface area (Å²) in [6, 6.07) is 0. The first kappa shape index (κ1) is 10.5. The first-order valence-corrected chi connectivity index (χ1v) is 3.58. The van der Waals surface area contributed by atoms with Crippen LogP contribution in [0.4, 0.5) is 0 Å². The second-order valence-corrected chi connectivity index (χ2v) is 2.49. The molecule has 0 aliphatic heterocycles. The monoisotopic (exact) mass is 176 g/mol. The topological polar surface area (TPSA) is 26.3 Å². The average molecular weight is 177 g/mol. The van der Waals surface area contributed by atoms with Crippen LogP contribution in [0, 0.1) is 11.8 Å². The van der Waals surface area contributed by atoms with Gasteiger partial charge in [-0.15, -0.1) is 19.0 Å². The molecule has 3 heteroatoms. The van der Waals surface area contributed by atoms with Gasteiger partial charge in [-0.05, 0) is 19.3 Å². The number of hydrogen-bond acceptors (Lipinski definition) is 2. The van der Waals surface area contributed by atoms with Crippen LogP contribution in [-0.4, -0.2) is 12.6 Å². The van der Waals surface area contributed by atoms with E-state index in [9.17, 15) is 4.79 Å². The van der Waals surface area contributed by atoms with Crippen LogP contribution in [-0.2, 0) is 9.53 Å². The number of rotatable bonds is 3. The fourth-order valence-corrected chi connectivity index (χ4v) is 0.995. The molecule has 1 fully saturated rings. The lowest BCUT2D eigenvalue weighted by Crippen LogP contribution is -2.06. The van der Waals surface area contributed by atoms with Gasteiger partial charge in [0.15, 0.2) is 0 Å². The molecular formula is C8H13ClO2. The SMILES string of the molecule is C=CC1CC1C(=O)OCC.Cl. The van der Waals surface area contributed by atoms with E-state index in [1.807, 2.05) is 13.0 Å². The minimum atomic E-state index is -0.0626. The predicted molar refractivity (Wildman–Crippen MR) is 45.7 cm³/mol. The summed E-state index contributed by atoms with van der Waals surface area (Å²) in [5, 5.41) is 0. The Hall–Kier alpha value is -0.500. The fourth-order valence-electron chi connectivity index (χ4n) is 0.995. The Morgan fingerprint density at radius 2 is 2.45 bits per heavy atom. The third kappa shape index (κ3) is 2.54. The number of ether oxygens (including phenoxy) is 1. The van der Waals surface area contributed by atoms with Crippen LogP contribution in [0.25, 0.3) is 0 Å². The van der Waals surface area contributed by atoms with Gasteiger partial charge in [-0.2, -0.15) is 0 Å². The Bertz CT molecular complexity index is 156. The van der Waals surface area contributed by atoms with Gasteiger partial charge in [-0.3, -0.25) is 4.79 Å². The van der Waals surface area contributed by atoms with E-state index >= 15 is 0 Å². The smallest absolute Gasteiger partial charge is 0.309 e. The quantitative estimate of drug-likeness (QED) is 0.484. The van der Waals surface area contributed by atoms with Gasteiger partial charge in [-0.1, -0.05) is 6.08 Å². The molecule has 2 nitrogen and oxygen atoms in total. The molecule has 0 aromatic heterocycles. The lowest BCUT2D eigenvalue weighted by molar-refractivity contribution is -0.144. The van der Waals surface area contributed by atoms with Crippen LogP contribution in [0.15, 0.2) is 12.7 Å². The normalized spacial score (nSPS) is 26.6. The summed E-state index contributed by atoms with van der Waals surface area (Å²) < 4.78 is 4.81. The molecule has 0 amide bonds. The van der Waals surface area contributed by atoms with Gasteiger partial charge in [0.2, 0.25) is 0 Å². The Labute approximate surface area is 73.0 Å². The molecule has 0 aromatic rings. The van der Waals surface area contributed by atoms with Crippen molar-refractivity contribution in [3.8, 4) is 0 Å². The highest BCUT2D eigenvalue weighted by Gasteiger charge is 2.41. The molecule has 0 aromatic carbocycles. The van der Waals surface area contributed by atoms with Crippen molar-refractivity contribution in [2.45, 2.75) is 13.3 Å². The number of allylic oxidation sites excluding steroid dienone is 1. The molecule has 0 heterocycles. The largest absolute Gasteiger partial charge is 0.466 e. The van der Waals surface area contributed by atoms with E-state index in [1.165, 1.54) is 0 Å². The minimum Gasteiger partial charge on any atom is -0.466 e. The molecule has 11 heavy (non-hydrogen) atoms. The van der Waals surface area contributed by atoms with Crippen molar-refractivity contribution in [3.05, 3.63) is 12.7 Å². The van der Waals surface area contributed by atoms with E-state index in [-0.39, 0.29) is 24.3 Å². The van der Waals surface area contributed by atoms with Crippen LogP contribution in [0.1, 0.15) is 13.3 Å². The second-order valence-electron chi connectivity index (χ2n) is 2.49. The van der Waals surface area contributed by atoms with E-state index in [0.717, 1.165) is 6.42 Å². The lowest BCUT2D eigenvalue weighted by atomic mass is 10.3. The second kappa shape index (κ2) is 4.39. The van der Waals surface area contributed by atoms with Crippen LogP contribution < -0.4 is 0 Å². The first-order chi connectivity index (χ1) is 4.79. The molecule has 0 bridgehead atoms. The minimum absolute atomic E-state index is 0. The Kier molecular flexibility index (Phi) is 4.19. The average Bonchev–Trinajstić information content (AvgIpc) is 2.66. The van der Waals surface area contributed by atoms with Crippen molar-refractivity contribution < 1.29 is 9.53 Å². The zero-order valence-corrected chi connectivity index (χ0v) is 7.39. The number of carbonyl (C=O) groups is 1. The standard InChI is InChI=1S/C8H12O2.ClH/c1-3-6-5-7(6)8(9)10-4-2;/h3,6-7H,1,4-5H2,2H3;1H. The molecule has 0 saturated heterocycles. The lowest BCUT2D eigenvalue weighted by Gasteiger charge is -1.97. The summed E-state index contributed by atoms with van der Waals surface area (Å²) in [6.07, 6.45) is 2.75. The van der Waals surface area contributed by atoms with Gasteiger partial charge in [0.05, 0.1) is 12.5 Å². The van der Waals surface area contributed by atoms with Crippen molar-refractivity contribution in [2.75, 3.05) is 6.61 Å². The van der Waals surface area contributed by atoms with Gasteiger partial charge in [0, 0.05) is 0 Å². The highest BCUT2D eigenvalue weighted by Crippen LogP contribution is 2.39. The summed E-state index contributed by atoms with van der Waals surface area (Å²) >= 11 is 0. The van der Waals surface area contributed by atoms with E-state index in [4.69, 9.17) is 4.74 Å². The molecule has 0 spiro atoms. The van der Waals surface area contributed by atoms with Crippen molar-refractivity contribution >= 4 is 18.4 Å². The third-order valence-electron chi connectivity index (χ3n) is 1.73. The zero-order valence-electron chi connectivity index (χ0n) is 6.58. The molecule has 2 unspecified atom stereocenters. The summed E-state index contributed by atoms with van der Waals surface area (Å²) in [6.45, 7) is 5.92. The zero-order chi connectivity index (χ0) is 7.56. The summed E-state index contributed by atoms with van der Waals surface area (Å²) in [5.74, 6) is 0.448. The molecular weight excluding hydrogens is 164 g/mol. The fraction of sp³-hybridized carbons (Fsp3) is 0.625. The van der Waals surface area contributed by atoms with Crippen molar-refractivity contribution in [1.82, 2.24) is 0 Å². The molecule has 1 rings (SSSR count). The van der Waals surface area contributed by atoms with Crippen molar-refractivity contribution in [3.63, 3.8) is 0 Å². The van der Waals surface area contributed by atoms with Gasteiger partial charge < -0.3 is 4.74 Å². The maximum absolute atomic E-state index is 10.9. The summed E-state index contributed by atoms with van der Waals surface area (Å²) in [5.41, 5.74) is 0. The Balaban J connectivity index is 0.000001000. The molecule has 1 aliphatic rings. The van der Waals surface area contributed by atoms with Crippen molar-refractivity contribution in [2.24, 2.45) is 11.8 Å². The first-order valence-electron chi connectivity index (χ1n) is 3.58. The van der Waals surface area contributed by atoms with Crippen LogP contribution in [0.3, 0.4) is 0 Å².